The van der Waals surface area contributed by atoms with E-state index in [9.17, 15) is 9.59 Å². The number of amides is 2. The minimum atomic E-state index is -0.428. The summed E-state index contributed by atoms with van der Waals surface area (Å²) in [5, 5.41) is 0. The SMILES string of the molecule is CC(C)(C)OC(=O)N1CCC(CN2CCN(C(=O)C3CCCCC3)CC2)CC1. The number of hydrogen-bond donors (Lipinski definition) is 0. The van der Waals surface area contributed by atoms with Crippen molar-refractivity contribution in [2.75, 3.05) is 45.8 Å². The molecule has 0 radical (unpaired) electrons. The maximum Gasteiger partial charge on any atom is 0.410 e. The van der Waals surface area contributed by atoms with Crippen LogP contribution in [-0.4, -0.2) is 78.1 Å². The minimum Gasteiger partial charge on any atom is -0.444 e. The van der Waals surface area contributed by atoms with E-state index in [1.165, 1.54) is 19.3 Å². The van der Waals surface area contributed by atoms with Crippen LogP contribution < -0.4 is 0 Å². The Labute approximate surface area is 170 Å². The Morgan fingerprint density at radius 1 is 0.821 bits per heavy atom. The second kappa shape index (κ2) is 9.47. The third-order valence-corrected chi connectivity index (χ3v) is 6.42. The number of piperazine rings is 1. The van der Waals surface area contributed by atoms with Gasteiger partial charge in [0.05, 0.1) is 0 Å². The molecular formula is C22H39N3O3. The quantitative estimate of drug-likeness (QED) is 0.738. The molecule has 0 atom stereocenters. The van der Waals surface area contributed by atoms with Crippen LogP contribution in [0.2, 0.25) is 0 Å². The second-order valence-corrected chi connectivity index (χ2v) is 9.87. The maximum absolute atomic E-state index is 12.7. The van der Waals surface area contributed by atoms with Gasteiger partial charge in [0.25, 0.3) is 0 Å². The van der Waals surface area contributed by atoms with E-state index in [1.54, 1.807) is 0 Å². The van der Waals surface area contributed by atoms with Crippen molar-refractivity contribution in [3.63, 3.8) is 0 Å². The number of carbonyl (C=O) groups excluding carboxylic acids is 2. The predicted molar refractivity (Wildman–Crippen MR) is 110 cm³/mol. The van der Waals surface area contributed by atoms with E-state index in [1.807, 2.05) is 25.7 Å². The fourth-order valence-electron chi connectivity index (χ4n) is 4.75. The summed E-state index contributed by atoms with van der Waals surface area (Å²) in [5.41, 5.74) is -0.428. The third-order valence-electron chi connectivity index (χ3n) is 6.42. The molecular weight excluding hydrogens is 354 g/mol. The summed E-state index contributed by atoms with van der Waals surface area (Å²) in [6.45, 7) is 12.2. The first-order chi connectivity index (χ1) is 13.3. The highest BCUT2D eigenvalue weighted by Gasteiger charge is 2.31. The fraction of sp³-hybridized carbons (Fsp3) is 0.909. The normalized spacial score (nSPS) is 23.7. The van der Waals surface area contributed by atoms with Crippen molar-refractivity contribution < 1.29 is 14.3 Å². The minimum absolute atomic E-state index is 0.180. The molecule has 0 N–H and O–H groups in total. The lowest BCUT2D eigenvalue weighted by Crippen LogP contribution is -2.52. The van der Waals surface area contributed by atoms with E-state index >= 15 is 0 Å². The van der Waals surface area contributed by atoms with Crippen molar-refractivity contribution in [3.8, 4) is 0 Å². The third kappa shape index (κ3) is 6.10. The monoisotopic (exact) mass is 393 g/mol. The molecule has 0 unspecified atom stereocenters. The summed E-state index contributed by atoms with van der Waals surface area (Å²) in [7, 11) is 0. The van der Waals surface area contributed by atoms with E-state index in [4.69, 9.17) is 4.74 Å². The van der Waals surface area contributed by atoms with Gasteiger partial charge in [0.2, 0.25) is 5.91 Å². The van der Waals surface area contributed by atoms with Gasteiger partial charge in [0.1, 0.15) is 5.60 Å². The van der Waals surface area contributed by atoms with Crippen LogP contribution in [0.3, 0.4) is 0 Å². The van der Waals surface area contributed by atoms with Gasteiger partial charge >= 0.3 is 6.09 Å². The van der Waals surface area contributed by atoms with Crippen molar-refractivity contribution >= 4 is 12.0 Å². The molecule has 0 aromatic carbocycles. The van der Waals surface area contributed by atoms with Gasteiger partial charge in [0.15, 0.2) is 0 Å². The lowest BCUT2D eigenvalue weighted by Gasteiger charge is -2.40. The smallest absolute Gasteiger partial charge is 0.410 e. The van der Waals surface area contributed by atoms with Crippen molar-refractivity contribution in [2.45, 2.75) is 71.3 Å². The summed E-state index contributed by atoms with van der Waals surface area (Å²) in [5.74, 6) is 1.33. The van der Waals surface area contributed by atoms with Crippen molar-refractivity contribution in [1.29, 1.82) is 0 Å². The van der Waals surface area contributed by atoms with E-state index in [0.717, 1.165) is 71.5 Å². The number of likely N-dealkylation sites (tertiary alicyclic amines) is 1. The van der Waals surface area contributed by atoms with Crippen LogP contribution in [-0.2, 0) is 9.53 Å². The van der Waals surface area contributed by atoms with Gasteiger partial charge in [-0.25, -0.2) is 4.79 Å². The molecule has 1 saturated carbocycles. The highest BCUT2D eigenvalue weighted by atomic mass is 16.6. The largest absolute Gasteiger partial charge is 0.444 e. The molecule has 2 heterocycles. The Balaban J connectivity index is 1.35. The molecule has 3 rings (SSSR count). The molecule has 1 aliphatic carbocycles. The van der Waals surface area contributed by atoms with Gasteiger partial charge < -0.3 is 14.5 Å². The second-order valence-electron chi connectivity index (χ2n) is 9.87. The van der Waals surface area contributed by atoms with Crippen LogP contribution in [0.25, 0.3) is 0 Å². The molecule has 0 aromatic rings. The maximum atomic E-state index is 12.7. The van der Waals surface area contributed by atoms with Crippen LogP contribution in [0, 0.1) is 11.8 Å². The Hall–Kier alpha value is -1.30. The van der Waals surface area contributed by atoms with E-state index < -0.39 is 5.60 Å². The average molecular weight is 394 g/mol. The van der Waals surface area contributed by atoms with Gasteiger partial charge in [-0.2, -0.15) is 0 Å². The summed E-state index contributed by atoms with van der Waals surface area (Å²) >= 11 is 0. The molecule has 3 fully saturated rings. The summed E-state index contributed by atoms with van der Waals surface area (Å²) in [4.78, 5) is 31.4. The standard InChI is InChI=1S/C22H39N3O3/c1-22(2,3)28-21(27)25-11-9-18(10-12-25)17-23-13-15-24(16-14-23)20(26)19-7-5-4-6-8-19/h18-19H,4-17H2,1-3H3. The molecule has 0 bridgehead atoms. The van der Waals surface area contributed by atoms with Crippen LogP contribution in [0.4, 0.5) is 4.79 Å². The Bertz CT molecular complexity index is 524. The lowest BCUT2D eigenvalue weighted by molar-refractivity contribution is -0.138. The molecule has 6 nitrogen and oxygen atoms in total. The average Bonchev–Trinajstić information content (AvgIpc) is 2.68. The topological polar surface area (TPSA) is 53.1 Å². The van der Waals surface area contributed by atoms with E-state index in [0.29, 0.717) is 11.8 Å². The van der Waals surface area contributed by atoms with Crippen LogP contribution in [0.1, 0.15) is 65.7 Å². The van der Waals surface area contributed by atoms with Gasteiger partial charge in [-0.3, -0.25) is 9.69 Å². The molecule has 0 aromatic heterocycles. The van der Waals surface area contributed by atoms with Gasteiger partial charge in [-0.05, 0) is 52.4 Å². The van der Waals surface area contributed by atoms with Crippen molar-refractivity contribution in [2.24, 2.45) is 11.8 Å². The molecule has 6 heteroatoms. The summed E-state index contributed by atoms with van der Waals surface area (Å²) < 4.78 is 5.49. The van der Waals surface area contributed by atoms with Gasteiger partial charge in [-0.1, -0.05) is 19.3 Å². The van der Waals surface area contributed by atoms with E-state index in [-0.39, 0.29) is 12.0 Å². The van der Waals surface area contributed by atoms with Crippen LogP contribution in [0.5, 0.6) is 0 Å². The Morgan fingerprint density at radius 2 is 1.43 bits per heavy atom. The molecule has 28 heavy (non-hydrogen) atoms. The van der Waals surface area contributed by atoms with Gasteiger partial charge in [-0.15, -0.1) is 0 Å². The Morgan fingerprint density at radius 3 is 2.00 bits per heavy atom. The highest BCUT2D eigenvalue weighted by molar-refractivity contribution is 5.79. The van der Waals surface area contributed by atoms with Crippen molar-refractivity contribution in [1.82, 2.24) is 14.7 Å². The molecule has 0 spiro atoms. The highest BCUT2D eigenvalue weighted by Crippen LogP contribution is 2.26. The zero-order valence-corrected chi connectivity index (χ0v) is 18.1. The molecule has 2 amide bonds. The molecule has 2 saturated heterocycles. The number of ether oxygens (including phenoxy) is 1. The molecule has 2 aliphatic heterocycles. The Kier molecular flexibility index (Phi) is 7.24. The molecule has 160 valence electrons. The first kappa shape index (κ1) is 21.4. The summed E-state index contributed by atoms with van der Waals surface area (Å²) in [6.07, 6.45) is 7.83. The molecule has 3 aliphatic rings. The fourth-order valence-corrected chi connectivity index (χ4v) is 4.75. The number of hydrogen-bond acceptors (Lipinski definition) is 4. The van der Waals surface area contributed by atoms with Crippen molar-refractivity contribution in [3.05, 3.63) is 0 Å². The number of carbonyl (C=O) groups is 2. The number of rotatable bonds is 3. The first-order valence-corrected chi connectivity index (χ1v) is 11.3. The predicted octanol–water partition coefficient (Wildman–Crippen LogP) is 3.36. The van der Waals surface area contributed by atoms with Gasteiger partial charge in [0, 0.05) is 51.7 Å². The summed E-state index contributed by atoms with van der Waals surface area (Å²) in [6, 6.07) is 0. The number of piperidine rings is 1. The zero-order valence-electron chi connectivity index (χ0n) is 18.1. The van der Waals surface area contributed by atoms with Crippen LogP contribution >= 0.6 is 0 Å². The van der Waals surface area contributed by atoms with E-state index in [2.05, 4.69) is 9.80 Å². The van der Waals surface area contributed by atoms with Crippen LogP contribution in [0.15, 0.2) is 0 Å². The first-order valence-electron chi connectivity index (χ1n) is 11.3. The lowest BCUT2D eigenvalue weighted by atomic mass is 9.88. The zero-order chi connectivity index (χ0) is 20.1. The number of nitrogens with zero attached hydrogens (tertiary/aromatic N) is 3.